The maximum absolute atomic E-state index is 6.06. The lowest BCUT2D eigenvalue weighted by atomic mass is 10.3. The van der Waals surface area contributed by atoms with Crippen molar-refractivity contribution in [3.63, 3.8) is 0 Å². The van der Waals surface area contributed by atoms with Crippen molar-refractivity contribution >= 4 is 0 Å². The van der Waals surface area contributed by atoms with Crippen LogP contribution in [0.15, 0.2) is 91.8 Å². The number of para-hydroxylation sites is 1. The van der Waals surface area contributed by atoms with Gasteiger partial charge in [-0.15, -0.1) is 0 Å². The minimum absolute atomic E-state index is 0.456. The number of benzene rings is 1. The van der Waals surface area contributed by atoms with Gasteiger partial charge in [-0.3, -0.25) is 15.0 Å². The Balaban J connectivity index is 1.72. The van der Waals surface area contributed by atoms with E-state index in [2.05, 4.69) is 15.0 Å². The lowest BCUT2D eigenvalue weighted by Crippen LogP contribution is -1.95. The molecule has 132 valence electrons. The van der Waals surface area contributed by atoms with Gasteiger partial charge in [-0.25, -0.2) is 0 Å². The van der Waals surface area contributed by atoms with Crippen LogP contribution in [0.1, 0.15) is 0 Å². The Kier molecular flexibility index (Phi) is 4.88. The van der Waals surface area contributed by atoms with Gasteiger partial charge in [-0.2, -0.15) is 0 Å². The summed E-state index contributed by atoms with van der Waals surface area (Å²) in [7, 11) is 0. The predicted octanol–water partition coefficient (Wildman–Crippen LogP) is 5.25. The Labute approximate surface area is 156 Å². The van der Waals surface area contributed by atoms with Crippen LogP contribution < -0.4 is 14.2 Å². The number of hydrogen-bond acceptors (Lipinski definition) is 6. The molecule has 0 aliphatic heterocycles. The Morgan fingerprint density at radius 2 is 0.815 bits per heavy atom. The van der Waals surface area contributed by atoms with Crippen molar-refractivity contribution in [3.05, 3.63) is 91.8 Å². The van der Waals surface area contributed by atoms with Gasteiger partial charge in [0.2, 0.25) is 5.75 Å². The molecular formula is C21H15N3O3. The van der Waals surface area contributed by atoms with E-state index in [9.17, 15) is 0 Å². The molecular weight excluding hydrogens is 342 g/mol. The highest BCUT2D eigenvalue weighted by atomic mass is 16.5. The maximum Gasteiger partial charge on any atom is 0.212 e. The summed E-state index contributed by atoms with van der Waals surface area (Å²) in [5.74, 6) is 3.40. The summed E-state index contributed by atoms with van der Waals surface area (Å²) >= 11 is 0. The second-order valence-electron chi connectivity index (χ2n) is 5.44. The van der Waals surface area contributed by atoms with Gasteiger partial charge < -0.3 is 14.2 Å². The van der Waals surface area contributed by atoms with E-state index in [1.165, 1.54) is 0 Å². The van der Waals surface area contributed by atoms with Crippen molar-refractivity contribution < 1.29 is 14.2 Å². The summed E-state index contributed by atoms with van der Waals surface area (Å²) in [6, 6.07) is 16.1. The molecule has 3 aromatic heterocycles. The molecule has 1 aromatic carbocycles. The number of ether oxygens (including phenoxy) is 3. The van der Waals surface area contributed by atoms with Gasteiger partial charge in [0.25, 0.3) is 0 Å². The van der Waals surface area contributed by atoms with E-state index in [0.717, 1.165) is 0 Å². The van der Waals surface area contributed by atoms with Gasteiger partial charge in [-0.05, 0) is 48.5 Å². The van der Waals surface area contributed by atoms with Crippen LogP contribution in [0, 0.1) is 0 Å². The SMILES string of the molecule is c1cc(Oc2ccncc2)c(Oc2ccncc2)c(Oc2ccncc2)c1. The Morgan fingerprint density at radius 1 is 0.444 bits per heavy atom. The molecule has 4 rings (SSSR count). The molecule has 0 saturated carbocycles. The van der Waals surface area contributed by atoms with Crippen LogP contribution in [0.3, 0.4) is 0 Å². The van der Waals surface area contributed by atoms with Crippen molar-refractivity contribution in [2.24, 2.45) is 0 Å². The van der Waals surface area contributed by atoms with Crippen LogP contribution in [-0.4, -0.2) is 15.0 Å². The second-order valence-corrected chi connectivity index (χ2v) is 5.44. The third-order valence-electron chi connectivity index (χ3n) is 3.57. The standard InChI is InChI=1S/C21H15N3O3/c1-2-19(25-16-4-10-22-11-5-16)21(27-18-8-14-24-15-9-18)20(3-1)26-17-6-12-23-13-7-17/h1-15H. The number of aromatic nitrogens is 3. The normalized spacial score (nSPS) is 10.2. The zero-order valence-electron chi connectivity index (χ0n) is 14.2. The number of rotatable bonds is 6. The summed E-state index contributed by atoms with van der Waals surface area (Å²) < 4.78 is 18.0. The van der Waals surface area contributed by atoms with Crippen LogP contribution in [-0.2, 0) is 0 Å². The predicted molar refractivity (Wildman–Crippen MR) is 99.4 cm³/mol. The quantitative estimate of drug-likeness (QED) is 0.470. The third kappa shape index (κ3) is 4.19. The minimum Gasteiger partial charge on any atom is -0.453 e. The van der Waals surface area contributed by atoms with E-state index >= 15 is 0 Å². The van der Waals surface area contributed by atoms with Gasteiger partial charge in [0.15, 0.2) is 11.5 Å². The van der Waals surface area contributed by atoms with E-state index in [1.807, 2.05) is 18.2 Å². The van der Waals surface area contributed by atoms with Crippen LogP contribution in [0.5, 0.6) is 34.5 Å². The molecule has 0 aliphatic carbocycles. The fourth-order valence-electron chi connectivity index (χ4n) is 2.35. The zero-order chi connectivity index (χ0) is 18.3. The summed E-state index contributed by atoms with van der Waals surface area (Å²) in [4.78, 5) is 12.0. The minimum atomic E-state index is 0.456. The second kappa shape index (κ2) is 7.97. The molecule has 0 N–H and O–H groups in total. The van der Waals surface area contributed by atoms with E-state index in [0.29, 0.717) is 34.5 Å². The molecule has 0 spiro atoms. The average Bonchev–Trinajstić information content (AvgIpc) is 2.73. The first-order valence-electron chi connectivity index (χ1n) is 8.25. The summed E-state index contributed by atoms with van der Waals surface area (Å²) in [5.41, 5.74) is 0. The maximum atomic E-state index is 6.06. The Morgan fingerprint density at radius 3 is 1.22 bits per heavy atom. The van der Waals surface area contributed by atoms with Crippen molar-refractivity contribution in [2.45, 2.75) is 0 Å². The molecule has 0 fully saturated rings. The summed E-state index contributed by atoms with van der Waals surface area (Å²) in [5, 5.41) is 0. The molecule has 0 unspecified atom stereocenters. The van der Waals surface area contributed by atoms with Gasteiger partial charge in [0, 0.05) is 37.2 Å². The molecule has 0 atom stereocenters. The van der Waals surface area contributed by atoms with Crippen LogP contribution in [0.25, 0.3) is 0 Å². The summed E-state index contributed by atoms with van der Waals surface area (Å²) in [6.45, 7) is 0. The van der Waals surface area contributed by atoms with Gasteiger partial charge in [0.05, 0.1) is 0 Å². The Bertz CT molecular complexity index is 937. The lowest BCUT2D eigenvalue weighted by Gasteiger charge is -2.16. The molecule has 4 aromatic rings. The molecule has 0 saturated heterocycles. The molecule has 0 bridgehead atoms. The van der Waals surface area contributed by atoms with Gasteiger partial charge in [-0.1, -0.05) is 6.07 Å². The van der Waals surface area contributed by atoms with Crippen LogP contribution >= 0.6 is 0 Å². The first-order chi connectivity index (χ1) is 13.4. The molecule has 6 nitrogen and oxygen atoms in total. The first kappa shape index (κ1) is 16.5. The fraction of sp³-hybridized carbons (Fsp3) is 0. The fourth-order valence-corrected chi connectivity index (χ4v) is 2.35. The van der Waals surface area contributed by atoms with Gasteiger partial charge >= 0.3 is 0 Å². The highest BCUT2D eigenvalue weighted by Gasteiger charge is 2.15. The van der Waals surface area contributed by atoms with Gasteiger partial charge in [0.1, 0.15) is 17.2 Å². The molecule has 0 aliphatic rings. The first-order valence-corrected chi connectivity index (χ1v) is 8.25. The van der Waals surface area contributed by atoms with Crippen LogP contribution in [0.4, 0.5) is 0 Å². The molecule has 27 heavy (non-hydrogen) atoms. The average molecular weight is 357 g/mol. The number of nitrogens with zero attached hydrogens (tertiary/aromatic N) is 3. The van der Waals surface area contributed by atoms with E-state index in [4.69, 9.17) is 14.2 Å². The van der Waals surface area contributed by atoms with E-state index < -0.39 is 0 Å². The molecule has 3 heterocycles. The lowest BCUT2D eigenvalue weighted by molar-refractivity contribution is 0.386. The van der Waals surface area contributed by atoms with E-state index in [-0.39, 0.29) is 0 Å². The van der Waals surface area contributed by atoms with Crippen molar-refractivity contribution in [2.75, 3.05) is 0 Å². The number of hydrogen-bond donors (Lipinski definition) is 0. The van der Waals surface area contributed by atoms with Crippen molar-refractivity contribution in [3.8, 4) is 34.5 Å². The third-order valence-corrected chi connectivity index (χ3v) is 3.57. The topological polar surface area (TPSA) is 66.4 Å². The monoisotopic (exact) mass is 357 g/mol. The molecule has 0 radical (unpaired) electrons. The van der Waals surface area contributed by atoms with Crippen molar-refractivity contribution in [1.82, 2.24) is 15.0 Å². The molecule has 6 heteroatoms. The van der Waals surface area contributed by atoms with Crippen LogP contribution in [0.2, 0.25) is 0 Å². The largest absolute Gasteiger partial charge is 0.453 e. The zero-order valence-corrected chi connectivity index (χ0v) is 14.2. The smallest absolute Gasteiger partial charge is 0.212 e. The highest BCUT2D eigenvalue weighted by Crippen LogP contribution is 2.43. The highest BCUT2D eigenvalue weighted by molar-refractivity contribution is 5.55. The van der Waals surface area contributed by atoms with E-state index in [1.54, 1.807) is 73.6 Å². The van der Waals surface area contributed by atoms with Crippen molar-refractivity contribution in [1.29, 1.82) is 0 Å². The molecule has 0 amide bonds. The Hall–Kier alpha value is -3.93. The number of pyridine rings is 3. The summed E-state index contributed by atoms with van der Waals surface area (Å²) in [6.07, 6.45) is 9.97.